The maximum Gasteiger partial charge on any atom is 0.315 e. The molecule has 4 N–H and O–H groups in total. The van der Waals surface area contributed by atoms with Gasteiger partial charge in [0.1, 0.15) is 0 Å². The number of carbonyl (C=O) groups is 1. The van der Waals surface area contributed by atoms with Crippen molar-refractivity contribution in [2.24, 2.45) is 5.73 Å². The standard InChI is InChI=1S/C12H25N3O/c1-10(2)14-11(16)15-12(9-13)7-5-3-4-6-8-12/h10H,3-9,13H2,1-2H3,(H2,14,15,16). The van der Waals surface area contributed by atoms with E-state index >= 15 is 0 Å². The Labute approximate surface area is 98.3 Å². The molecule has 4 nitrogen and oxygen atoms in total. The molecule has 0 aromatic rings. The van der Waals surface area contributed by atoms with Crippen molar-refractivity contribution in [2.75, 3.05) is 6.54 Å². The molecule has 0 spiro atoms. The van der Waals surface area contributed by atoms with Crippen LogP contribution in [0.2, 0.25) is 0 Å². The van der Waals surface area contributed by atoms with Gasteiger partial charge in [0.15, 0.2) is 0 Å². The third-order valence-corrected chi connectivity index (χ3v) is 3.25. The molecule has 1 fully saturated rings. The summed E-state index contributed by atoms with van der Waals surface area (Å²) >= 11 is 0. The fraction of sp³-hybridized carbons (Fsp3) is 0.917. The average molecular weight is 227 g/mol. The predicted octanol–water partition coefficient (Wildman–Crippen LogP) is 1.75. The van der Waals surface area contributed by atoms with E-state index in [2.05, 4.69) is 10.6 Å². The fourth-order valence-corrected chi connectivity index (χ4v) is 2.32. The van der Waals surface area contributed by atoms with Gasteiger partial charge in [0.25, 0.3) is 0 Å². The van der Waals surface area contributed by atoms with Crippen molar-refractivity contribution in [1.82, 2.24) is 10.6 Å². The van der Waals surface area contributed by atoms with Gasteiger partial charge in [0, 0.05) is 12.6 Å². The highest BCUT2D eigenvalue weighted by atomic mass is 16.2. The van der Waals surface area contributed by atoms with Crippen LogP contribution in [0, 0.1) is 0 Å². The minimum atomic E-state index is -0.171. The zero-order valence-corrected chi connectivity index (χ0v) is 10.5. The van der Waals surface area contributed by atoms with Gasteiger partial charge in [-0.3, -0.25) is 0 Å². The van der Waals surface area contributed by atoms with Crippen LogP contribution in [0.15, 0.2) is 0 Å². The smallest absolute Gasteiger partial charge is 0.315 e. The molecule has 94 valence electrons. The fourth-order valence-electron chi connectivity index (χ4n) is 2.32. The number of hydrogen-bond acceptors (Lipinski definition) is 2. The maximum absolute atomic E-state index is 11.7. The Morgan fingerprint density at radius 3 is 2.25 bits per heavy atom. The highest BCUT2D eigenvalue weighted by molar-refractivity contribution is 5.75. The Bertz CT molecular complexity index is 220. The summed E-state index contributed by atoms with van der Waals surface area (Å²) in [5.74, 6) is 0. The summed E-state index contributed by atoms with van der Waals surface area (Å²) in [7, 11) is 0. The van der Waals surface area contributed by atoms with Crippen LogP contribution in [0.5, 0.6) is 0 Å². The Morgan fingerprint density at radius 1 is 1.25 bits per heavy atom. The van der Waals surface area contributed by atoms with Crippen LogP contribution in [0.1, 0.15) is 52.4 Å². The molecule has 0 saturated heterocycles. The summed E-state index contributed by atoms with van der Waals surface area (Å²) in [5, 5.41) is 5.94. The monoisotopic (exact) mass is 227 g/mol. The number of carbonyl (C=O) groups excluding carboxylic acids is 1. The summed E-state index contributed by atoms with van der Waals surface area (Å²) in [4.78, 5) is 11.7. The normalized spacial score (nSPS) is 20.2. The van der Waals surface area contributed by atoms with Crippen molar-refractivity contribution >= 4 is 6.03 Å². The quantitative estimate of drug-likeness (QED) is 0.643. The molecule has 4 heteroatoms. The minimum Gasteiger partial charge on any atom is -0.336 e. The molecule has 1 aliphatic rings. The zero-order valence-electron chi connectivity index (χ0n) is 10.5. The number of nitrogens with one attached hydrogen (secondary N) is 2. The van der Waals surface area contributed by atoms with Crippen molar-refractivity contribution in [3.05, 3.63) is 0 Å². The van der Waals surface area contributed by atoms with Gasteiger partial charge in [0.2, 0.25) is 0 Å². The highest BCUT2D eigenvalue weighted by Gasteiger charge is 2.31. The molecule has 2 amide bonds. The molecular weight excluding hydrogens is 202 g/mol. The van der Waals surface area contributed by atoms with Gasteiger partial charge in [-0.25, -0.2) is 4.79 Å². The van der Waals surface area contributed by atoms with Crippen LogP contribution in [-0.4, -0.2) is 24.2 Å². The van der Waals surface area contributed by atoms with Crippen LogP contribution in [0.4, 0.5) is 4.79 Å². The van der Waals surface area contributed by atoms with Crippen LogP contribution < -0.4 is 16.4 Å². The largest absolute Gasteiger partial charge is 0.336 e. The van der Waals surface area contributed by atoms with Gasteiger partial charge in [-0.1, -0.05) is 25.7 Å². The van der Waals surface area contributed by atoms with E-state index < -0.39 is 0 Å². The molecule has 0 radical (unpaired) electrons. The molecule has 0 unspecified atom stereocenters. The molecule has 0 aromatic heterocycles. The summed E-state index contributed by atoms with van der Waals surface area (Å²) < 4.78 is 0. The summed E-state index contributed by atoms with van der Waals surface area (Å²) in [6.07, 6.45) is 6.87. The predicted molar refractivity (Wildman–Crippen MR) is 66.3 cm³/mol. The van der Waals surface area contributed by atoms with Crippen LogP contribution in [0.3, 0.4) is 0 Å². The van der Waals surface area contributed by atoms with Crippen LogP contribution in [0.25, 0.3) is 0 Å². The van der Waals surface area contributed by atoms with Crippen LogP contribution >= 0.6 is 0 Å². The molecule has 1 saturated carbocycles. The van der Waals surface area contributed by atoms with E-state index in [-0.39, 0.29) is 17.6 Å². The van der Waals surface area contributed by atoms with E-state index in [1.54, 1.807) is 0 Å². The first-order valence-electron chi connectivity index (χ1n) is 6.37. The van der Waals surface area contributed by atoms with Gasteiger partial charge in [-0.2, -0.15) is 0 Å². The van der Waals surface area contributed by atoms with E-state index in [1.807, 2.05) is 13.8 Å². The van der Waals surface area contributed by atoms with E-state index in [9.17, 15) is 4.79 Å². The Morgan fingerprint density at radius 2 is 1.81 bits per heavy atom. The van der Waals surface area contributed by atoms with Crippen molar-refractivity contribution < 1.29 is 4.79 Å². The van der Waals surface area contributed by atoms with Crippen molar-refractivity contribution in [3.8, 4) is 0 Å². The van der Waals surface area contributed by atoms with Gasteiger partial charge in [-0.15, -0.1) is 0 Å². The van der Waals surface area contributed by atoms with Gasteiger partial charge < -0.3 is 16.4 Å². The number of rotatable bonds is 3. The third-order valence-electron chi connectivity index (χ3n) is 3.25. The van der Waals surface area contributed by atoms with E-state index in [0.29, 0.717) is 6.54 Å². The number of amides is 2. The first-order chi connectivity index (χ1) is 7.58. The van der Waals surface area contributed by atoms with Crippen molar-refractivity contribution in [3.63, 3.8) is 0 Å². The lowest BCUT2D eigenvalue weighted by Gasteiger charge is -2.33. The molecule has 0 bridgehead atoms. The van der Waals surface area contributed by atoms with E-state index in [1.165, 1.54) is 25.7 Å². The molecule has 0 aliphatic heterocycles. The topological polar surface area (TPSA) is 67.2 Å². The SMILES string of the molecule is CC(C)NC(=O)NC1(CN)CCCCCC1. The average Bonchev–Trinajstić information content (AvgIpc) is 2.43. The molecular formula is C12H25N3O. The summed E-state index contributed by atoms with van der Waals surface area (Å²) in [6, 6.07) is 0.0861. The first-order valence-corrected chi connectivity index (χ1v) is 6.37. The lowest BCUT2D eigenvalue weighted by Crippen LogP contribution is -2.57. The molecule has 0 atom stereocenters. The Kier molecular flexibility index (Phi) is 5.06. The lowest BCUT2D eigenvalue weighted by molar-refractivity contribution is 0.216. The number of nitrogens with two attached hydrogens (primary N) is 1. The lowest BCUT2D eigenvalue weighted by atomic mass is 9.90. The molecule has 16 heavy (non-hydrogen) atoms. The molecule has 1 rings (SSSR count). The third kappa shape index (κ3) is 4.00. The molecule has 1 aliphatic carbocycles. The second-order valence-corrected chi connectivity index (χ2v) is 5.15. The van der Waals surface area contributed by atoms with E-state index in [4.69, 9.17) is 5.73 Å². The Balaban J connectivity index is 2.54. The van der Waals surface area contributed by atoms with Crippen LogP contribution in [-0.2, 0) is 0 Å². The maximum atomic E-state index is 11.7. The van der Waals surface area contributed by atoms with Gasteiger partial charge in [-0.05, 0) is 26.7 Å². The summed E-state index contributed by atoms with van der Waals surface area (Å²) in [6.45, 7) is 4.46. The second kappa shape index (κ2) is 6.09. The van der Waals surface area contributed by atoms with Gasteiger partial charge in [0.05, 0.1) is 5.54 Å². The first kappa shape index (κ1) is 13.3. The van der Waals surface area contributed by atoms with Crippen molar-refractivity contribution in [1.29, 1.82) is 0 Å². The van der Waals surface area contributed by atoms with E-state index in [0.717, 1.165) is 12.8 Å². The molecule has 0 heterocycles. The highest BCUT2D eigenvalue weighted by Crippen LogP contribution is 2.26. The number of urea groups is 1. The second-order valence-electron chi connectivity index (χ2n) is 5.15. The zero-order chi connectivity index (χ0) is 12.0. The van der Waals surface area contributed by atoms with Crippen molar-refractivity contribution in [2.45, 2.75) is 64.0 Å². The summed E-state index contributed by atoms with van der Waals surface area (Å²) in [5.41, 5.74) is 5.67. The molecule has 0 aromatic carbocycles. The minimum absolute atomic E-state index is 0.0812. The Hall–Kier alpha value is -0.770. The number of hydrogen-bond donors (Lipinski definition) is 3. The van der Waals surface area contributed by atoms with Gasteiger partial charge >= 0.3 is 6.03 Å².